The molecule has 0 saturated heterocycles. The van der Waals surface area contributed by atoms with E-state index in [1.807, 2.05) is 6.92 Å². The Balaban J connectivity index is 2.19. The molecular weight excluding hydrogens is 180 g/mol. The van der Waals surface area contributed by atoms with Crippen molar-refractivity contribution in [2.75, 3.05) is 0 Å². The van der Waals surface area contributed by atoms with E-state index in [1.165, 1.54) is 0 Å². The lowest BCUT2D eigenvalue weighted by molar-refractivity contribution is -0.139. The van der Waals surface area contributed by atoms with Gasteiger partial charge in [-0.1, -0.05) is 6.92 Å². The number of carbonyl (C=O) groups is 1. The molecular formula is C11H18O3. The van der Waals surface area contributed by atoms with Gasteiger partial charge in [-0.2, -0.15) is 0 Å². The number of ketones is 1. The number of carbonyl (C=O) groups excluding carboxylic acids is 1. The Hall–Kier alpha value is -0.410. The van der Waals surface area contributed by atoms with Crippen LogP contribution in [-0.4, -0.2) is 28.2 Å². The fourth-order valence-corrected chi connectivity index (χ4v) is 3.13. The Bertz CT molecular complexity index is 239. The molecule has 0 aromatic rings. The average molecular weight is 198 g/mol. The minimum Gasteiger partial charge on any atom is -0.393 e. The van der Waals surface area contributed by atoms with Crippen LogP contribution >= 0.6 is 0 Å². The summed E-state index contributed by atoms with van der Waals surface area (Å²) in [4.78, 5) is 11.5. The summed E-state index contributed by atoms with van der Waals surface area (Å²) in [6.07, 6.45) is 1.96. The predicted octanol–water partition coefficient (Wildman–Crippen LogP) is 0.733. The van der Waals surface area contributed by atoms with Crippen LogP contribution < -0.4 is 0 Å². The molecule has 3 nitrogen and oxygen atoms in total. The van der Waals surface area contributed by atoms with Crippen LogP contribution in [0.15, 0.2) is 0 Å². The SMILES string of the molecule is C[C@@H]1C(=O)CC[C@H]2[C@@H]1[C@@H](O)CC[C@H]2O. The van der Waals surface area contributed by atoms with E-state index in [0.717, 1.165) is 6.42 Å². The third kappa shape index (κ3) is 1.48. The molecule has 0 heterocycles. The standard InChI is InChI=1S/C11H18O3/c1-6-8(12)3-2-7-9(13)4-5-10(14)11(6)7/h6-7,9-11,13-14H,2-5H2,1H3/t6-,7-,9-,10+,11-/m1/s1. The van der Waals surface area contributed by atoms with Gasteiger partial charge in [0.1, 0.15) is 5.78 Å². The third-order valence-electron chi connectivity index (χ3n) is 4.00. The molecule has 2 aliphatic rings. The molecule has 14 heavy (non-hydrogen) atoms. The first kappa shape index (κ1) is 10.1. The van der Waals surface area contributed by atoms with Crippen LogP contribution in [0.3, 0.4) is 0 Å². The van der Waals surface area contributed by atoms with Crippen molar-refractivity contribution in [3.63, 3.8) is 0 Å². The van der Waals surface area contributed by atoms with Gasteiger partial charge >= 0.3 is 0 Å². The van der Waals surface area contributed by atoms with Crippen molar-refractivity contribution >= 4 is 5.78 Å². The van der Waals surface area contributed by atoms with E-state index in [4.69, 9.17) is 0 Å². The van der Waals surface area contributed by atoms with Gasteiger partial charge in [0.15, 0.2) is 0 Å². The smallest absolute Gasteiger partial charge is 0.136 e. The van der Waals surface area contributed by atoms with E-state index in [9.17, 15) is 15.0 Å². The van der Waals surface area contributed by atoms with E-state index in [1.54, 1.807) is 0 Å². The second-order valence-electron chi connectivity index (χ2n) is 4.75. The van der Waals surface area contributed by atoms with Gasteiger partial charge in [0.25, 0.3) is 0 Å². The zero-order valence-corrected chi connectivity index (χ0v) is 8.52. The van der Waals surface area contributed by atoms with Crippen LogP contribution in [-0.2, 0) is 4.79 Å². The molecule has 0 aromatic heterocycles. The Morgan fingerprint density at radius 2 is 1.79 bits per heavy atom. The lowest BCUT2D eigenvalue weighted by atomic mass is 9.63. The van der Waals surface area contributed by atoms with Crippen molar-refractivity contribution < 1.29 is 15.0 Å². The third-order valence-corrected chi connectivity index (χ3v) is 4.00. The van der Waals surface area contributed by atoms with E-state index in [0.29, 0.717) is 19.3 Å². The van der Waals surface area contributed by atoms with Gasteiger partial charge in [-0.15, -0.1) is 0 Å². The molecule has 3 heteroatoms. The lowest BCUT2D eigenvalue weighted by Gasteiger charge is -2.44. The van der Waals surface area contributed by atoms with Crippen molar-refractivity contribution in [1.82, 2.24) is 0 Å². The first-order chi connectivity index (χ1) is 6.61. The maximum absolute atomic E-state index is 11.5. The van der Waals surface area contributed by atoms with Crippen molar-refractivity contribution in [2.24, 2.45) is 17.8 Å². The van der Waals surface area contributed by atoms with E-state index in [2.05, 4.69) is 0 Å². The topological polar surface area (TPSA) is 57.5 Å². The molecule has 5 atom stereocenters. The van der Waals surface area contributed by atoms with E-state index in [-0.39, 0.29) is 35.7 Å². The Morgan fingerprint density at radius 1 is 1.14 bits per heavy atom. The Labute approximate surface area is 84.1 Å². The van der Waals surface area contributed by atoms with Crippen LogP contribution in [0.4, 0.5) is 0 Å². The first-order valence-electron chi connectivity index (χ1n) is 5.50. The molecule has 2 saturated carbocycles. The number of fused-ring (bicyclic) bond motifs is 1. The number of aliphatic hydroxyl groups excluding tert-OH is 2. The normalized spacial score (nSPS) is 48.8. The summed E-state index contributed by atoms with van der Waals surface area (Å²) < 4.78 is 0. The van der Waals surface area contributed by atoms with E-state index < -0.39 is 0 Å². The number of rotatable bonds is 0. The quantitative estimate of drug-likeness (QED) is 0.603. The van der Waals surface area contributed by atoms with Gasteiger partial charge in [-0.05, 0) is 31.1 Å². The second-order valence-corrected chi connectivity index (χ2v) is 4.75. The van der Waals surface area contributed by atoms with Crippen LogP contribution in [0, 0.1) is 17.8 Å². The summed E-state index contributed by atoms with van der Waals surface area (Å²) in [5.41, 5.74) is 0. The number of aliphatic hydroxyl groups is 2. The molecule has 2 N–H and O–H groups in total. The van der Waals surface area contributed by atoms with Crippen molar-refractivity contribution in [3.05, 3.63) is 0 Å². The molecule has 0 aromatic carbocycles. The van der Waals surface area contributed by atoms with Gasteiger partial charge in [-0.3, -0.25) is 4.79 Å². The summed E-state index contributed by atoms with van der Waals surface area (Å²) >= 11 is 0. The van der Waals surface area contributed by atoms with Crippen molar-refractivity contribution in [1.29, 1.82) is 0 Å². The Kier molecular flexibility index (Phi) is 2.62. The maximum atomic E-state index is 11.5. The summed E-state index contributed by atoms with van der Waals surface area (Å²) in [7, 11) is 0. The first-order valence-corrected chi connectivity index (χ1v) is 5.50. The second kappa shape index (κ2) is 3.63. The summed E-state index contributed by atoms with van der Waals surface area (Å²) in [6.45, 7) is 1.89. The molecule has 0 spiro atoms. The van der Waals surface area contributed by atoms with Crippen LogP contribution in [0.25, 0.3) is 0 Å². The molecule has 0 amide bonds. The highest BCUT2D eigenvalue weighted by Crippen LogP contribution is 2.42. The van der Waals surface area contributed by atoms with Gasteiger partial charge in [0, 0.05) is 12.3 Å². The monoisotopic (exact) mass is 198 g/mol. The zero-order valence-electron chi connectivity index (χ0n) is 8.52. The van der Waals surface area contributed by atoms with Crippen molar-refractivity contribution in [2.45, 2.75) is 44.8 Å². The predicted molar refractivity (Wildman–Crippen MR) is 51.6 cm³/mol. The van der Waals surface area contributed by atoms with Gasteiger partial charge in [-0.25, -0.2) is 0 Å². The number of hydrogen-bond donors (Lipinski definition) is 2. The van der Waals surface area contributed by atoms with Crippen LogP contribution in [0.5, 0.6) is 0 Å². The lowest BCUT2D eigenvalue weighted by Crippen LogP contribution is -2.48. The van der Waals surface area contributed by atoms with Crippen LogP contribution in [0.2, 0.25) is 0 Å². The molecule has 0 bridgehead atoms. The molecule has 0 unspecified atom stereocenters. The van der Waals surface area contributed by atoms with Gasteiger partial charge in [0.05, 0.1) is 12.2 Å². The van der Waals surface area contributed by atoms with Crippen LogP contribution in [0.1, 0.15) is 32.6 Å². The van der Waals surface area contributed by atoms with Gasteiger partial charge < -0.3 is 10.2 Å². The number of hydrogen-bond acceptors (Lipinski definition) is 3. The largest absolute Gasteiger partial charge is 0.393 e. The number of Topliss-reactive ketones (excluding diaryl/α,β-unsaturated/α-hetero) is 1. The molecule has 2 fully saturated rings. The highest BCUT2D eigenvalue weighted by atomic mass is 16.3. The average Bonchev–Trinajstić information content (AvgIpc) is 2.16. The molecule has 2 rings (SSSR count). The summed E-state index contributed by atoms with van der Waals surface area (Å²) in [5.74, 6) is 0.324. The van der Waals surface area contributed by atoms with Gasteiger partial charge in [0.2, 0.25) is 0 Å². The molecule has 0 aliphatic heterocycles. The molecule has 0 radical (unpaired) electrons. The van der Waals surface area contributed by atoms with Crippen molar-refractivity contribution in [3.8, 4) is 0 Å². The highest BCUT2D eigenvalue weighted by Gasteiger charge is 2.45. The fourth-order valence-electron chi connectivity index (χ4n) is 3.13. The minimum atomic E-state index is -0.386. The Morgan fingerprint density at radius 3 is 2.50 bits per heavy atom. The minimum absolute atomic E-state index is 0.000000000000000444. The highest BCUT2D eigenvalue weighted by molar-refractivity contribution is 5.81. The zero-order chi connectivity index (χ0) is 10.3. The molecule has 80 valence electrons. The fraction of sp³-hybridized carbons (Fsp3) is 0.909. The maximum Gasteiger partial charge on any atom is 0.136 e. The van der Waals surface area contributed by atoms with E-state index >= 15 is 0 Å². The summed E-state index contributed by atoms with van der Waals surface area (Å²) in [5, 5.41) is 19.7. The molecule has 2 aliphatic carbocycles. The summed E-state index contributed by atoms with van der Waals surface area (Å²) in [6, 6.07) is 0.